The summed E-state index contributed by atoms with van der Waals surface area (Å²) in [5.74, 6) is -0.225. The van der Waals surface area contributed by atoms with Crippen LogP contribution in [0.3, 0.4) is 0 Å². The minimum atomic E-state index is -0.366. The molecule has 0 radical (unpaired) electrons. The molecule has 0 aromatic rings. The molecule has 2 fully saturated rings. The lowest BCUT2D eigenvalue weighted by atomic mass is 9.98. The zero-order chi connectivity index (χ0) is 11.5. The van der Waals surface area contributed by atoms with Crippen LogP contribution in [0.25, 0.3) is 0 Å². The molecular formula is C11H19N3O2. The summed E-state index contributed by atoms with van der Waals surface area (Å²) in [6.07, 6.45) is 3.57. The molecule has 1 unspecified atom stereocenters. The molecule has 2 atom stereocenters. The summed E-state index contributed by atoms with van der Waals surface area (Å²) in [6, 6.07) is -0.366. The maximum Gasteiger partial charge on any atom is 0.240 e. The van der Waals surface area contributed by atoms with E-state index in [-0.39, 0.29) is 23.8 Å². The highest BCUT2D eigenvalue weighted by molar-refractivity contribution is 5.88. The van der Waals surface area contributed by atoms with Crippen molar-refractivity contribution in [2.75, 3.05) is 19.6 Å². The summed E-state index contributed by atoms with van der Waals surface area (Å²) in [7, 11) is 0. The fraction of sp³-hybridized carbons (Fsp3) is 0.818. The number of likely N-dealkylation sites (tertiary alicyclic amines) is 1. The summed E-state index contributed by atoms with van der Waals surface area (Å²) in [5, 5.41) is 3.22. The van der Waals surface area contributed by atoms with Crippen molar-refractivity contribution in [3.8, 4) is 0 Å². The second-order valence-electron chi connectivity index (χ2n) is 4.64. The molecule has 3 N–H and O–H groups in total. The molecule has 5 heteroatoms. The lowest BCUT2D eigenvalue weighted by molar-refractivity contribution is -0.141. The molecule has 0 saturated carbocycles. The minimum Gasteiger partial charge on any atom is -0.368 e. The van der Waals surface area contributed by atoms with E-state index >= 15 is 0 Å². The van der Waals surface area contributed by atoms with Gasteiger partial charge in [-0.05, 0) is 32.2 Å². The molecule has 90 valence electrons. The number of hydrogen-bond donors (Lipinski definition) is 2. The van der Waals surface area contributed by atoms with Crippen molar-refractivity contribution in [2.24, 2.45) is 11.7 Å². The van der Waals surface area contributed by atoms with Crippen molar-refractivity contribution >= 4 is 11.8 Å². The fourth-order valence-electron chi connectivity index (χ4n) is 2.62. The van der Waals surface area contributed by atoms with Crippen LogP contribution in [0.4, 0.5) is 0 Å². The molecule has 0 bridgehead atoms. The highest BCUT2D eigenvalue weighted by Gasteiger charge is 2.36. The Labute approximate surface area is 95.3 Å². The van der Waals surface area contributed by atoms with E-state index in [0.717, 1.165) is 38.8 Å². The number of primary amides is 1. The second kappa shape index (κ2) is 4.82. The van der Waals surface area contributed by atoms with Crippen LogP contribution in [0.2, 0.25) is 0 Å². The van der Waals surface area contributed by atoms with Gasteiger partial charge in [-0.25, -0.2) is 0 Å². The zero-order valence-corrected chi connectivity index (χ0v) is 9.45. The van der Waals surface area contributed by atoms with Gasteiger partial charge in [0.25, 0.3) is 0 Å². The normalized spacial score (nSPS) is 30.4. The monoisotopic (exact) mass is 225 g/mol. The Hall–Kier alpha value is -1.10. The van der Waals surface area contributed by atoms with Crippen LogP contribution in [-0.2, 0) is 9.59 Å². The van der Waals surface area contributed by atoms with Crippen LogP contribution in [0, 0.1) is 5.92 Å². The average molecular weight is 225 g/mol. The molecule has 0 aliphatic carbocycles. The van der Waals surface area contributed by atoms with Gasteiger partial charge >= 0.3 is 0 Å². The average Bonchev–Trinajstić information content (AvgIpc) is 2.78. The standard InChI is InChI=1S/C11H19N3O2/c12-10(15)9-4-2-6-14(9)11(16)8-3-1-5-13-7-8/h8-9,13H,1-7H2,(H2,12,15)/t8-,9?/m0/s1. The van der Waals surface area contributed by atoms with Gasteiger partial charge in [0, 0.05) is 13.1 Å². The van der Waals surface area contributed by atoms with E-state index in [1.807, 2.05) is 0 Å². The van der Waals surface area contributed by atoms with Crippen LogP contribution < -0.4 is 11.1 Å². The summed E-state index contributed by atoms with van der Waals surface area (Å²) >= 11 is 0. The van der Waals surface area contributed by atoms with E-state index in [9.17, 15) is 9.59 Å². The summed E-state index contributed by atoms with van der Waals surface area (Å²) in [6.45, 7) is 2.41. The van der Waals surface area contributed by atoms with Gasteiger partial charge in [0.15, 0.2) is 0 Å². The lowest BCUT2D eigenvalue weighted by Gasteiger charge is -2.29. The van der Waals surface area contributed by atoms with Crippen LogP contribution in [0.1, 0.15) is 25.7 Å². The van der Waals surface area contributed by atoms with Gasteiger partial charge in [-0.15, -0.1) is 0 Å². The first-order chi connectivity index (χ1) is 7.70. The number of amides is 2. The molecule has 2 aliphatic heterocycles. The molecule has 5 nitrogen and oxygen atoms in total. The number of carbonyl (C=O) groups excluding carboxylic acids is 2. The van der Waals surface area contributed by atoms with Gasteiger partial charge in [-0.3, -0.25) is 9.59 Å². The first-order valence-corrected chi connectivity index (χ1v) is 6.00. The number of rotatable bonds is 2. The van der Waals surface area contributed by atoms with E-state index in [1.54, 1.807) is 4.90 Å². The van der Waals surface area contributed by atoms with E-state index < -0.39 is 0 Å². The number of piperidine rings is 1. The van der Waals surface area contributed by atoms with Crippen molar-refractivity contribution in [3.63, 3.8) is 0 Å². The van der Waals surface area contributed by atoms with Crippen LogP contribution in [0.5, 0.6) is 0 Å². The molecule has 2 aliphatic rings. The van der Waals surface area contributed by atoms with Crippen LogP contribution >= 0.6 is 0 Å². The summed E-state index contributed by atoms with van der Waals surface area (Å²) in [4.78, 5) is 25.1. The number of carbonyl (C=O) groups is 2. The van der Waals surface area contributed by atoms with E-state index in [0.29, 0.717) is 6.54 Å². The lowest BCUT2D eigenvalue weighted by Crippen LogP contribution is -2.48. The zero-order valence-electron chi connectivity index (χ0n) is 9.45. The Morgan fingerprint density at radius 2 is 2.06 bits per heavy atom. The van der Waals surface area contributed by atoms with Gasteiger partial charge in [0.1, 0.15) is 6.04 Å². The van der Waals surface area contributed by atoms with Crippen LogP contribution in [0.15, 0.2) is 0 Å². The highest BCUT2D eigenvalue weighted by atomic mass is 16.2. The summed E-state index contributed by atoms with van der Waals surface area (Å²) < 4.78 is 0. The quantitative estimate of drug-likeness (QED) is 0.663. The molecule has 2 saturated heterocycles. The van der Waals surface area contributed by atoms with Gasteiger partial charge in [-0.1, -0.05) is 0 Å². The molecular weight excluding hydrogens is 206 g/mol. The Balaban J connectivity index is 1.99. The molecule has 2 rings (SSSR count). The topological polar surface area (TPSA) is 75.4 Å². The van der Waals surface area contributed by atoms with E-state index in [4.69, 9.17) is 5.73 Å². The van der Waals surface area contributed by atoms with Gasteiger partial charge < -0.3 is 16.0 Å². The van der Waals surface area contributed by atoms with Crippen molar-refractivity contribution in [1.29, 1.82) is 0 Å². The maximum atomic E-state index is 12.2. The predicted octanol–water partition coefficient (Wildman–Crippen LogP) is -0.538. The first-order valence-electron chi connectivity index (χ1n) is 6.00. The Kier molecular flexibility index (Phi) is 3.43. The third-order valence-electron chi connectivity index (χ3n) is 3.51. The molecule has 16 heavy (non-hydrogen) atoms. The van der Waals surface area contributed by atoms with Gasteiger partial charge in [0.2, 0.25) is 11.8 Å². The molecule has 0 aromatic carbocycles. The molecule has 0 spiro atoms. The maximum absolute atomic E-state index is 12.2. The number of nitrogens with one attached hydrogen (secondary N) is 1. The van der Waals surface area contributed by atoms with E-state index in [2.05, 4.69) is 5.32 Å². The fourth-order valence-corrected chi connectivity index (χ4v) is 2.62. The van der Waals surface area contributed by atoms with Gasteiger partial charge in [0.05, 0.1) is 5.92 Å². The number of nitrogens with two attached hydrogens (primary N) is 1. The Morgan fingerprint density at radius 1 is 1.25 bits per heavy atom. The third kappa shape index (κ3) is 2.19. The summed E-state index contributed by atoms with van der Waals surface area (Å²) in [5.41, 5.74) is 5.31. The smallest absolute Gasteiger partial charge is 0.240 e. The highest BCUT2D eigenvalue weighted by Crippen LogP contribution is 2.22. The molecule has 2 heterocycles. The van der Waals surface area contributed by atoms with Crippen molar-refractivity contribution in [3.05, 3.63) is 0 Å². The molecule has 0 aromatic heterocycles. The van der Waals surface area contributed by atoms with Crippen molar-refractivity contribution in [1.82, 2.24) is 10.2 Å². The van der Waals surface area contributed by atoms with E-state index in [1.165, 1.54) is 0 Å². The van der Waals surface area contributed by atoms with Gasteiger partial charge in [-0.2, -0.15) is 0 Å². The largest absolute Gasteiger partial charge is 0.368 e. The van der Waals surface area contributed by atoms with Crippen molar-refractivity contribution < 1.29 is 9.59 Å². The number of nitrogens with zero attached hydrogens (tertiary/aromatic N) is 1. The molecule has 2 amide bonds. The first kappa shape index (κ1) is 11.4. The Morgan fingerprint density at radius 3 is 2.69 bits per heavy atom. The predicted molar refractivity (Wildman–Crippen MR) is 59.5 cm³/mol. The third-order valence-corrected chi connectivity index (χ3v) is 3.51. The SMILES string of the molecule is NC(=O)C1CCCN1C(=O)[C@H]1CCCNC1. The van der Waals surface area contributed by atoms with Crippen molar-refractivity contribution in [2.45, 2.75) is 31.7 Å². The Bertz CT molecular complexity index is 287. The second-order valence-corrected chi connectivity index (χ2v) is 4.64. The van der Waals surface area contributed by atoms with Crippen LogP contribution in [-0.4, -0.2) is 42.4 Å². The number of hydrogen-bond acceptors (Lipinski definition) is 3. The minimum absolute atomic E-state index is 0.0358.